The van der Waals surface area contributed by atoms with Gasteiger partial charge in [-0.05, 0) is 93.0 Å². The number of alkyl halides is 1. The van der Waals surface area contributed by atoms with Crippen molar-refractivity contribution < 1.29 is 29.7 Å². The van der Waals surface area contributed by atoms with Crippen molar-refractivity contribution in [2.75, 3.05) is 0 Å². The molecule has 2 aliphatic rings. The summed E-state index contributed by atoms with van der Waals surface area (Å²) in [5, 5.41) is 29.7. The molecule has 230 valence electrons. The molecule has 8 bridgehead atoms. The molecule has 3 aromatic heterocycles. The maximum Gasteiger partial charge on any atom is 0.338 e. The molecule has 2 aliphatic heterocycles. The van der Waals surface area contributed by atoms with Crippen molar-refractivity contribution in [2.45, 2.75) is 77.5 Å². The molecule has 1 unspecified atom stereocenters. The van der Waals surface area contributed by atoms with E-state index in [1.165, 1.54) is 0 Å². The van der Waals surface area contributed by atoms with Crippen LogP contribution in [0.3, 0.4) is 0 Å². The third kappa shape index (κ3) is 5.68. The van der Waals surface area contributed by atoms with Gasteiger partial charge in [0.05, 0.1) is 29.1 Å². The number of aromatic nitrogens is 4. The van der Waals surface area contributed by atoms with Crippen LogP contribution in [0.5, 0.6) is 0 Å². The van der Waals surface area contributed by atoms with Gasteiger partial charge in [0.15, 0.2) is 0 Å². The summed E-state index contributed by atoms with van der Waals surface area (Å²) in [4.78, 5) is 53.1. The number of H-pyrrole nitrogens is 2. The molecule has 0 fully saturated rings. The lowest BCUT2D eigenvalue weighted by Gasteiger charge is -2.12. The smallest absolute Gasteiger partial charge is 0.338 e. The normalized spacial score (nSPS) is 15.5. The quantitative estimate of drug-likeness (QED) is 0.164. The van der Waals surface area contributed by atoms with Crippen LogP contribution in [0.1, 0.15) is 95.0 Å². The molecule has 0 saturated carbocycles. The number of carbonyl (C=O) groups is 3. The van der Waals surface area contributed by atoms with E-state index in [-0.39, 0.29) is 34.5 Å². The molecule has 11 heteroatoms. The first-order valence-corrected chi connectivity index (χ1v) is 15.5. The average Bonchev–Trinajstić information content (AvgIpc) is 3.65. The number of hydrogen-bond donors (Lipinski definition) is 5. The van der Waals surface area contributed by atoms with Crippen LogP contribution in [0.4, 0.5) is 0 Å². The molecule has 5 N–H and O–H groups in total. The molecule has 44 heavy (non-hydrogen) atoms. The molecule has 5 rings (SSSR count). The van der Waals surface area contributed by atoms with E-state index in [2.05, 4.69) is 45.8 Å². The highest BCUT2D eigenvalue weighted by Crippen LogP contribution is 2.39. The number of nitrogens with zero attached hydrogens (tertiary/aromatic N) is 2. The van der Waals surface area contributed by atoms with Gasteiger partial charge in [-0.15, -0.1) is 0 Å². The van der Waals surface area contributed by atoms with E-state index in [1.54, 1.807) is 6.92 Å². The van der Waals surface area contributed by atoms with Gasteiger partial charge < -0.3 is 25.3 Å². The number of carboxylic acids is 3. The van der Waals surface area contributed by atoms with Crippen molar-refractivity contribution in [3.05, 3.63) is 68.8 Å². The van der Waals surface area contributed by atoms with Gasteiger partial charge in [-0.25, -0.2) is 9.78 Å². The molecular weight excluding hydrogens is 628 g/mol. The Labute approximate surface area is 262 Å². The van der Waals surface area contributed by atoms with Gasteiger partial charge in [0.25, 0.3) is 0 Å². The van der Waals surface area contributed by atoms with Crippen molar-refractivity contribution in [1.29, 1.82) is 0 Å². The fourth-order valence-electron chi connectivity index (χ4n) is 6.49. The first-order valence-electron chi connectivity index (χ1n) is 14.6. The fraction of sp³-hybridized carbons (Fsp3) is 0.364. The van der Waals surface area contributed by atoms with Crippen LogP contribution in [-0.4, -0.2) is 53.2 Å². The Morgan fingerprint density at radius 3 is 2.23 bits per heavy atom. The van der Waals surface area contributed by atoms with Crippen molar-refractivity contribution in [3.8, 4) is 0 Å². The van der Waals surface area contributed by atoms with E-state index >= 15 is 0 Å². The zero-order chi connectivity index (χ0) is 32.0. The molecule has 0 spiro atoms. The maximum absolute atomic E-state index is 12.6. The topological polar surface area (TPSA) is 169 Å². The van der Waals surface area contributed by atoms with E-state index in [0.717, 1.165) is 50.7 Å². The Morgan fingerprint density at radius 1 is 0.932 bits per heavy atom. The summed E-state index contributed by atoms with van der Waals surface area (Å²) in [6, 6.07) is 5.82. The summed E-state index contributed by atoms with van der Waals surface area (Å²) in [7, 11) is 0. The molecule has 5 heterocycles. The fourth-order valence-corrected chi connectivity index (χ4v) is 7.08. The van der Waals surface area contributed by atoms with Crippen LogP contribution in [-0.2, 0) is 33.6 Å². The molecule has 0 radical (unpaired) electrons. The third-order valence-electron chi connectivity index (χ3n) is 8.63. The number of nitrogens with one attached hydrogen (secondary N) is 2. The molecule has 0 aliphatic carbocycles. The minimum Gasteiger partial charge on any atom is -0.481 e. The molecule has 0 aromatic carbocycles. The Kier molecular flexibility index (Phi) is 8.53. The van der Waals surface area contributed by atoms with Gasteiger partial charge in [-0.2, -0.15) is 0 Å². The van der Waals surface area contributed by atoms with Crippen LogP contribution in [0.2, 0.25) is 0 Å². The van der Waals surface area contributed by atoms with Gasteiger partial charge in [-0.1, -0.05) is 22.9 Å². The van der Waals surface area contributed by atoms with Crippen molar-refractivity contribution in [3.63, 3.8) is 0 Å². The predicted octanol–water partition coefficient (Wildman–Crippen LogP) is 6.78. The number of aliphatic carboxylic acids is 3. The lowest BCUT2D eigenvalue weighted by molar-refractivity contribution is -0.138. The van der Waals surface area contributed by atoms with E-state index in [0.29, 0.717) is 29.1 Å². The summed E-state index contributed by atoms with van der Waals surface area (Å²) in [6.45, 7) is 9.86. The predicted molar refractivity (Wildman–Crippen MR) is 172 cm³/mol. The van der Waals surface area contributed by atoms with Crippen molar-refractivity contribution >= 4 is 67.1 Å². The molecular formula is C33H35BrN4O6. The Morgan fingerprint density at radius 2 is 1.61 bits per heavy atom. The average molecular weight is 664 g/mol. The van der Waals surface area contributed by atoms with E-state index < -0.39 is 30.2 Å². The zero-order valence-corrected chi connectivity index (χ0v) is 26.8. The Hall–Kier alpha value is -4.25. The number of aromatic amines is 2. The number of hydrogen-bond acceptors (Lipinski definition) is 5. The number of aryl methyl sites for hydroxylation is 3. The number of carboxylic acid groups (broad SMARTS) is 3. The minimum absolute atomic E-state index is 0.0383. The zero-order valence-electron chi connectivity index (χ0n) is 25.3. The SMILES string of the molecule is CCc1c(C)c2cc3[nH]c(cc4nc(c(CC(=O)O)c5nc(cc1[nH]2)C(C)=C5C(=O)O)[C@@H](CCC(=O)O)C4)c(C)c3C(C)Br. The molecule has 2 atom stereocenters. The molecule has 0 saturated heterocycles. The molecule has 10 nitrogen and oxygen atoms in total. The minimum atomic E-state index is -1.22. The second-order valence-corrected chi connectivity index (χ2v) is 12.8. The summed E-state index contributed by atoms with van der Waals surface area (Å²) < 4.78 is 0. The first-order chi connectivity index (χ1) is 20.8. The van der Waals surface area contributed by atoms with E-state index in [9.17, 15) is 29.7 Å². The van der Waals surface area contributed by atoms with Crippen LogP contribution < -0.4 is 0 Å². The van der Waals surface area contributed by atoms with Gasteiger partial charge in [0.1, 0.15) is 0 Å². The second kappa shape index (κ2) is 12.0. The monoisotopic (exact) mass is 662 g/mol. The summed E-state index contributed by atoms with van der Waals surface area (Å²) in [5.74, 6) is -3.79. The summed E-state index contributed by atoms with van der Waals surface area (Å²) in [5.41, 5.74) is 9.71. The summed E-state index contributed by atoms with van der Waals surface area (Å²) >= 11 is 3.76. The highest BCUT2D eigenvalue weighted by atomic mass is 79.9. The van der Waals surface area contributed by atoms with Gasteiger partial charge in [-0.3, -0.25) is 14.6 Å². The van der Waals surface area contributed by atoms with Crippen LogP contribution in [0.15, 0.2) is 18.2 Å². The van der Waals surface area contributed by atoms with E-state index in [4.69, 9.17) is 9.97 Å². The third-order valence-corrected chi connectivity index (χ3v) is 9.09. The summed E-state index contributed by atoms with van der Waals surface area (Å²) in [6.07, 6.45) is 0.662. The second-order valence-electron chi connectivity index (χ2n) is 11.5. The standard InChI is InChI=1S/C33H35BrN4O6/c1-6-20-14(2)23-13-26-29(17(5)34)15(3)22(37-26)10-19-9-18(7-8-27(39)40)31(35-19)21(11-28(41)42)32-30(33(43)44)16(4)24(38-32)12-25(20)36-23/h10,12-13,17-18,36-37H,6-9,11H2,1-5H3,(H,39,40)(H,41,42)(H,43,44)/t17?,18-/m0/s1. The molecule has 0 amide bonds. The maximum atomic E-state index is 12.6. The van der Waals surface area contributed by atoms with Crippen LogP contribution in [0, 0.1) is 13.8 Å². The largest absolute Gasteiger partial charge is 0.481 e. The van der Waals surface area contributed by atoms with E-state index in [1.807, 2.05) is 26.0 Å². The van der Waals surface area contributed by atoms with Gasteiger partial charge in [0, 0.05) is 50.5 Å². The van der Waals surface area contributed by atoms with Gasteiger partial charge >= 0.3 is 17.9 Å². The highest BCUT2D eigenvalue weighted by Gasteiger charge is 2.32. The lowest BCUT2D eigenvalue weighted by Crippen LogP contribution is -2.12. The van der Waals surface area contributed by atoms with Crippen LogP contribution in [0.25, 0.3) is 33.2 Å². The first kappa shape index (κ1) is 31.2. The van der Waals surface area contributed by atoms with Crippen molar-refractivity contribution in [2.24, 2.45) is 0 Å². The number of allylic oxidation sites excluding steroid dienone is 1. The number of halogens is 1. The Bertz CT molecular complexity index is 1920. The van der Waals surface area contributed by atoms with Gasteiger partial charge in [0.2, 0.25) is 0 Å². The number of fused-ring (bicyclic) bond motifs is 8. The highest BCUT2D eigenvalue weighted by molar-refractivity contribution is 9.09. The Balaban J connectivity index is 2.01. The van der Waals surface area contributed by atoms with Crippen molar-refractivity contribution in [1.82, 2.24) is 19.9 Å². The molecule has 3 aromatic rings. The van der Waals surface area contributed by atoms with Crippen LogP contribution >= 0.6 is 15.9 Å². The lowest BCUT2D eigenvalue weighted by atomic mass is 9.90. The number of rotatable bonds is 8.